The number of amides is 1. The van der Waals surface area contributed by atoms with Gasteiger partial charge in [0.2, 0.25) is 0 Å². The van der Waals surface area contributed by atoms with E-state index in [1.54, 1.807) is 11.3 Å². The van der Waals surface area contributed by atoms with Crippen molar-refractivity contribution >= 4 is 34.5 Å². The van der Waals surface area contributed by atoms with Gasteiger partial charge < -0.3 is 10.2 Å². The molecular formula is C15H16ClN3O3S. The number of benzene rings is 1. The van der Waals surface area contributed by atoms with Crippen molar-refractivity contribution in [1.82, 2.24) is 10.2 Å². The first kappa shape index (κ1) is 17.4. The minimum Gasteiger partial charge on any atom is -0.350 e. The molecule has 2 aromatic rings. The van der Waals surface area contributed by atoms with E-state index in [-0.39, 0.29) is 28.2 Å². The second-order valence-corrected chi connectivity index (χ2v) is 6.35. The summed E-state index contributed by atoms with van der Waals surface area (Å²) < 4.78 is 0. The molecule has 0 bridgehead atoms. The number of nitro benzene ring substituents is 1. The van der Waals surface area contributed by atoms with Crippen LogP contribution in [0.25, 0.3) is 0 Å². The van der Waals surface area contributed by atoms with Gasteiger partial charge in [-0.25, -0.2) is 0 Å². The molecule has 0 aliphatic carbocycles. The van der Waals surface area contributed by atoms with Gasteiger partial charge in [-0.15, -0.1) is 0 Å². The number of nitrogens with zero attached hydrogens (tertiary/aromatic N) is 2. The molecule has 1 aromatic heterocycles. The molecule has 0 aliphatic rings. The fraction of sp³-hybridized carbons (Fsp3) is 0.267. The Labute approximate surface area is 142 Å². The van der Waals surface area contributed by atoms with Crippen LogP contribution in [-0.4, -0.2) is 36.4 Å². The van der Waals surface area contributed by atoms with E-state index in [9.17, 15) is 14.9 Å². The van der Waals surface area contributed by atoms with Crippen LogP contribution >= 0.6 is 22.9 Å². The molecule has 0 saturated heterocycles. The highest BCUT2D eigenvalue weighted by Crippen LogP contribution is 2.23. The van der Waals surface area contributed by atoms with Crippen molar-refractivity contribution in [1.29, 1.82) is 0 Å². The van der Waals surface area contributed by atoms with E-state index in [0.29, 0.717) is 6.54 Å². The maximum atomic E-state index is 12.3. The van der Waals surface area contributed by atoms with Crippen molar-refractivity contribution in [3.05, 3.63) is 61.3 Å². The molecule has 0 spiro atoms. The number of likely N-dealkylation sites (N-methyl/N-ethyl adjacent to an activating group) is 1. The number of rotatable bonds is 6. The number of carbonyl (C=O) groups excluding carboxylic acids is 1. The van der Waals surface area contributed by atoms with Gasteiger partial charge in [-0.3, -0.25) is 14.9 Å². The SMILES string of the molecule is CN(C)C(CNC(=O)c1ccc([N+](=O)[O-])cc1Cl)c1ccsc1. The standard InChI is InChI=1S/C15H16ClN3O3S/c1-18(2)14(10-5-6-23-9-10)8-17-15(20)12-4-3-11(19(21)22)7-13(12)16/h3-7,9,14H,8H2,1-2H3,(H,17,20). The lowest BCUT2D eigenvalue weighted by atomic mass is 10.1. The molecule has 1 N–H and O–H groups in total. The van der Waals surface area contributed by atoms with E-state index < -0.39 is 4.92 Å². The first-order valence-electron chi connectivity index (χ1n) is 6.81. The van der Waals surface area contributed by atoms with Crippen LogP contribution in [-0.2, 0) is 0 Å². The van der Waals surface area contributed by atoms with E-state index in [1.165, 1.54) is 18.2 Å². The smallest absolute Gasteiger partial charge is 0.270 e. The Hall–Kier alpha value is -1.96. The van der Waals surface area contributed by atoms with E-state index in [4.69, 9.17) is 11.6 Å². The Bertz CT molecular complexity index is 704. The predicted octanol–water partition coefficient (Wildman–Crippen LogP) is 3.34. The number of nitrogens with one attached hydrogen (secondary N) is 1. The van der Waals surface area contributed by atoms with E-state index >= 15 is 0 Å². The van der Waals surface area contributed by atoms with Crippen LogP contribution in [0, 0.1) is 10.1 Å². The third kappa shape index (κ3) is 4.28. The first-order chi connectivity index (χ1) is 10.9. The van der Waals surface area contributed by atoms with E-state index in [2.05, 4.69) is 5.32 Å². The average molecular weight is 354 g/mol. The summed E-state index contributed by atoms with van der Waals surface area (Å²) in [6.45, 7) is 0.413. The topological polar surface area (TPSA) is 75.5 Å². The third-order valence-corrected chi connectivity index (χ3v) is 4.43. The quantitative estimate of drug-likeness (QED) is 0.638. The van der Waals surface area contributed by atoms with Crippen LogP contribution in [0.15, 0.2) is 35.0 Å². The maximum absolute atomic E-state index is 12.3. The highest BCUT2D eigenvalue weighted by Gasteiger charge is 2.18. The molecule has 8 heteroatoms. The molecule has 2 rings (SSSR count). The number of carbonyl (C=O) groups is 1. The first-order valence-corrected chi connectivity index (χ1v) is 8.13. The Morgan fingerprint density at radius 3 is 2.70 bits per heavy atom. The normalized spacial score (nSPS) is 12.2. The van der Waals surface area contributed by atoms with Gasteiger partial charge in [0.05, 0.1) is 21.6 Å². The molecule has 0 saturated carbocycles. The largest absolute Gasteiger partial charge is 0.350 e. The fourth-order valence-corrected chi connectivity index (χ4v) is 3.12. The number of halogens is 1. The molecule has 1 aromatic carbocycles. The minimum atomic E-state index is -0.549. The molecule has 122 valence electrons. The van der Waals surface area contributed by atoms with Crippen LogP contribution < -0.4 is 5.32 Å². The van der Waals surface area contributed by atoms with Gasteiger partial charge in [-0.05, 0) is 42.6 Å². The second kappa shape index (κ2) is 7.54. The van der Waals surface area contributed by atoms with Crippen LogP contribution in [0.1, 0.15) is 22.0 Å². The van der Waals surface area contributed by atoms with Gasteiger partial charge >= 0.3 is 0 Å². The van der Waals surface area contributed by atoms with Crippen molar-refractivity contribution in [2.75, 3.05) is 20.6 Å². The lowest BCUT2D eigenvalue weighted by Gasteiger charge is -2.24. The van der Waals surface area contributed by atoms with E-state index in [0.717, 1.165) is 5.56 Å². The summed E-state index contributed by atoms with van der Waals surface area (Å²) in [5, 5.41) is 17.6. The van der Waals surface area contributed by atoms with Crippen molar-refractivity contribution in [3.63, 3.8) is 0 Å². The molecule has 0 fully saturated rings. The van der Waals surface area contributed by atoms with Gasteiger partial charge in [0, 0.05) is 18.7 Å². The molecule has 23 heavy (non-hydrogen) atoms. The van der Waals surface area contributed by atoms with Crippen LogP contribution in [0.5, 0.6) is 0 Å². The van der Waals surface area contributed by atoms with Crippen molar-refractivity contribution < 1.29 is 9.72 Å². The van der Waals surface area contributed by atoms with E-state index in [1.807, 2.05) is 35.8 Å². The Morgan fingerprint density at radius 2 is 2.17 bits per heavy atom. The molecule has 0 radical (unpaired) electrons. The lowest BCUT2D eigenvalue weighted by molar-refractivity contribution is -0.384. The number of hydrogen-bond acceptors (Lipinski definition) is 5. The van der Waals surface area contributed by atoms with Crippen LogP contribution in [0.3, 0.4) is 0 Å². The molecule has 0 aliphatic heterocycles. The molecule has 1 atom stereocenters. The summed E-state index contributed by atoms with van der Waals surface area (Å²) in [7, 11) is 3.88. The minimum absolute atomic E-state index is 0.0435. The van der Waals surface area contributed by atoms with Gasteiger partial charge in [-0.2, -0.15) is 11.3 Å². The summed E-state index contributed by atoms with van der Waals surface area (Å²) in [4.78, 5) is 24.4. The molecular weight excluding hydrogens is 338 g/mol. The van der Waals surface area contributed by atoms with Gasteiger partial charge in [0.15, 0.2) is 0 Å². The fourth-order valence-electron chi connectivity index (χ4n) is 2.15. The average Bonchev–Trinajstić information content (AvgIpc) is 3.00. The monoisotopic (exact) mass is 353 g/mol. The van der Waals surface area contributed by atoms with Gasteiger partial charge in [-0.1, -0.05) is 11.6 Å². The summed E-state index contributed by atoms with van der Waals surface area (Å²) in [6.07, 6.45) is 0. The highest BCUT2D eigenvalue weighted by molar-refractivity contribution is 7.07. The predicted molar refractivity (Wildman–Crippen MR) is 91.2 cm³/mol. The number of nitro groups is 1. The molecule has 1 unspecified atom stereocenters. The zero-order chi connectivity index (χ0) is 17.0. The molecule has 1 heterocycles. The summed E-state index contributed by atoms with van der Waals surface area (Å²) in [6, 6.07) is 5.87. The van der Waals surface area contributed by atoms with Crippen LogP contribution in [0.2, 0.25) is 5.02 Å². The highest BCUT2D eigenvalue weighted by atomic mass is 35.5. The van der Waals surface area contributed by atoms with Gasteiger partial charge in [0.1, 0.15) is 0 Å². The Kier molecular flexibility index (Phi) is 5.70. The number of non-ortho nitro benzene ring substituents is 1. The lowest BCUT2D eigenvalue weighted by Crippen LogP contribution is -2.34. The number of thiophene rings is 1. The zero-order valence-corrected chi connectivity index (χ0v) is 14.2. The Balaban J connectivity index is 2.08. The van der Waals surface area contributed by atoms with Crippen molar-refractivity contribution in [2.45, 2.75) is 6.04 Å². The molecule has 1 amide bonds. The maximum Gasteiger partial charge on any atom is 0.270 e. The summed E-state index contributed by atoms with van der Waals surface area (Å²) >= 11 is 7.57. The van der Waals surface area contributed by atoms with Crippen molar-refractivity contribution in [3.8, 4) is 0 Å². The van der Waals surface area contributed by atoms with Gasteiger partial charge in [0.25, 0.3) is 11.6 Å². The Morgan fingerprint density at radius 1 is 1.43 bits per heavy atom. The zero-order valence-electron chi connectivity index (χ0n) is 12.7. The molecule has 6 nitrogen and oxygen atoms in total. The van der Waals surface area contributed by atoms with Crippen LogP contribution in [0.4, 0.5) is 5.69 Å². The summed E-state index contributed by atoms with van der Waals surface area (Å²) in [5.74, 6) is -0.355. The van der Waals surface area contributed by atoms with Crippen molar-refractivity contribution in [2.24, 2.45) is 0 Å². The second-order valence-electron chi connectivity index (χ2n) is 5.17. The third-order valence-electron chi connectivity index (χ3n) is 3.42. The summed E-state index contributed by atoms with van der Waals surface area (Å²) in [5.41, 5.74) is 1.20. The number of hydrogen-bond donors (Lipinski definition) is 1.